The van der Waals surface area contributed by atoms with Crippen LogP contribution in [0.5, 0.6) is 5.75 Å². The van der Waals surface area contributed by atoms with Crippen LogP contribution >= 0.6 is 0 Å². The Morgan fingerprint density at radius 2 is 1.53 bits per heavy atom. The molecule has 2 amide bonds. The molecule has 0 saturated heterocycles. The van der Waals surface area contributed by atoms with Gasteiger partial charge in [-0.25, -0.2) is 13.5 Å². The number of aryl methyl sites for hydroxylation is 1. The Morgan fingerprint density at radius 3 is 2.20 bits per heavy atom. The van der Waals surface area contributed by atoms with Crippen molar-refractivity contribution in [2.45, 2.75) is 51.3 Å². The second-order valence-corrected chi connectivity index (χ2v) is 9.32. The van der Waals surface area contributed by atoms with Gasteiger partial charge in [0.05, 0.1) is 24.5 Å². The van der Waals surface area contributed by atoms with Gasteiger partial charge in [-0.3, -0.25) is 19.3 Å². The van der Waals surface area contributed by atoms with Crippen molar-refractivity contribution in [3.63, 3.8) is 0 Å². The molecule has 0 aliphatic heterocycles. The number of benzene rings is 1. The third-order valence-electron chi connectivity index (χ3n) is 5.86. The summed E-state index contributed by atoms with van der Waals surface area (Å²) < 4.78 is 110. The van der Waals surface area contributed by atoms with Gasteiger partial charge in [-0.15, -0.1) is 23.4 Å². The first-order chi connectivity index (χ1) is 21.2. The van der Waals surface area contributed by atoms with Gasteiger partial charge in [0, 0.05) is 44.0 Å². The zero-order chi connectivity index (χ0) is 32.8. The molecule has 45 heavy (non-hydrogen) atoms. The summed E-state index contributed by atoms with van der Waals surface area (Å²) in [5.74, 6) is -3.14. The van der Waals surface area contributed by atoms with Gasteiger partial charge in [0.1, 0.15) is 17.7 Å². The lowest BCUT2D eigenvalue weighted by Gasteiger charge is -2.11. The average Bonchev–Trinajstić information content (AvgIpc) is 3.64. The molecular formula is C25H21F8N9O3. The highest BCUT2D eigenvalue weighted by Crippen LogP contribution is 2.29. The second kappa shape index (κ2) is 13.6. The highest BCUT2D eigenvalue weighted by Gasteiger charge is 2.32. The van der Waals surface area contributed by atoms with Crippen LogP contribution in [0, 0.1) is 5.82 Å². The number of hydrogen-bond acceptors (Lipinski definition) is 8. The largest absolute Gasteiger partial charge is 0.573 e. The zero-order valence-corrected chi connectivity index (χ0v) is 22.6. The SMILES string of the molecule is O=C(NCc1cncc(C(F)(F)F)c1)c1cn(CCC(F)Cn2cc(C(=O)NCc3cc(OC(F)(F)F)ccc3F)nn2)nn1. The second-order valence-electron chi connectivity index (χ2n) is 9.32. The molecule has 3 aromatic heterocycles. The highest BCUT2D eigenvalue weighted by molar-refractivity contribution is 5.92. The van der Waals surface area contributed by atoms with Crippen LogP contribution in [-0.2, 0) is 32.4 Å². The van der Waals surface area contributed by atoms with Crippen molar-refractivity contribution in [3.8, 4) is 5.75 Å². The number of rotatable bonds is 12. The third-order valence-corrected chi connectivity index (χ3v) is 5.86. The van der Waals surface area contributed by atoms with Crippen molar-refractivity contribution >= 4 is 11.8 Å². The molecule has 0 fully saturated rings. The Hall–Kier alpha value is -5.17. The van der Waals surface area contributed by atoms with Crippen molar-refractivity contribution in [1.82, 2.24) is 45.6 Å². The summed E-state index contributed by atoms with van der Waals surface area (Å²) in [4.78, 5) is 28.1. The molecule has 1 aromatic carbocycles. The molecule has 1 atom stereocenters. The summed E-state index contributed by atoms with van der Waals surface area (Å²) in [6, 6.07) is 3.14. The van der Waals surface area contributed by atoms with Crippen LogP contribution in [-0.4, -0.2) is 59.3 Å². The first-order valence-electron chi connectivity index (χ1n) is 12.7. The third kappa shape index (κ3) is 9.66. The number of ether oxygens (including phenoxy) is 1. The summed E-state index contributed by atoms with van der Waals surface area (Å²) >= 11 is 0. The summed E-state index contributed by atoms with van der Waals surface area (Å²) in [5.41, 5.74) is -1.57. The predicted octanol–water partition coefficient (Wildman–Crippen LogP) is 3.61. The molecule has 0 bridgehead atoms. The number of amides is 2. The summed E-state index contributed by atoms with van der Waals surface area (Å²) in [6.45, 7) is -1.12. The highest BCUT2D eigenvalue weighted by atomic mass is 19.4. The number of nitrogens with one attached hydrogen (secondary N) is 2. The molecule has 1 unspecified atom stereocenters. The minimum Gasteiger partial charge on any atom is -0.406 e. The van der Waals surface area contributed by atoms with Gasteiger partial charge in [-0.05, 0) is 29.8 Å². The lowest BCUT2D eigenvalue weighted by atomic mass is 10.2. The lowest BCUT2D eigenvalue weighted by Crippen LogP contribution is -2.24. The van der Waals surface area contributed by atoms with Crippen LogP contribution in [0.15, 0.2) is 49.1 Å². The molecule has 2 N–H and O–H groups in total. The van der Waals surface area contributed by atoms with Gasteiger partial charge in [-0.1, -0.05) is 10.4 Å². The molecule has 12 nitrogen and oxygen atoms in total. The van der Waals surface area contributed by atoms with Gasteiger partial charge >= 0.3 is 12.5 Å². The van der Waals surface area contributed by atoms with E-state index in [1.54, 1.807) is 0 Å². The van der Waals surface area contributed by atoms with Gasteiger partial charge in [0.2, 0.25) is 0 Å². The van der Waals surface area contributed by atoms with Crippen LogP contribution in [0.4, 0.5) is 35.1 Å². The van der Waals surface area contributed by atoms with E-state index in [0.29, 0.717) is 6.20 Å². The number of carbonyl (C=O) groups is 2. The van der Waals surface area contributed by atoms with E-state index in [-0.39, 0.29) is 48.6 Å². The molecule has 240 valence electrons. The predicted molar refractivity (Wildman–Crippen MR) is 134 cm³/mol. The smallest absolute Gasteiger partial charge is 0.406 e. The normalized spacial score (nSPS) is 12.5. The molecule has 3 heterocycles. The fourth-order valence-electron chi connectivity index (χ4n) is 3.73. The number of hydrogen-bond donors (Lipinski definition) is 2. The van der Waals surface area contributed by atoms with E-state index < -0.39 is 54.2 Å². The Kier molecular flexibility index (Phi) is 9.92. The molecular weight excluding hydrogens is 626 g/mol. The van der Waals surface area contributed by atoms with Gasteiger partial charge < -0.3 is 15.4 Å². The van der Waals surface area contributed by atoms with Crippen molar-refractivity contribution in [2.75, 3.05) is 0 Å². The molecule has 4 rings (SSSR count). The van der Waals surface area contributed by atoms with Crippen LogP contribution in [0.25, 0.3) is 0 Å². The van der Waals surface area contributed by atoms with Crippen LogP contribution in [0.1, 0.15) is 44.1 Å². The minimum atomic E-state index is -4.99. The molecule has 0 aliphatic carbocycles. The number of carbonyl (C=O) groups excluding carboxylic acids is 2. The van der Waals surface area contributed by atoms with Gasteiger partial charge in [0.15, 0.2) is 11.4 Å². The summed E-state index contributed by atoms with van der Waals surface area (Å²) in [6.07, 6.45) is -7.07. The lowest BCUT2D eigenvalue weighted by molar-refractivity contribution is -0.274. The Balaban J connectivity index is 1.22. The van der Waals surface area contributed by atoms with Gasteiger partial charge in [-0.2, -0.15) is 13.2 Å². The molecule has 0 saturated carbocycles. The fourth-order valence-corrected chi connectivity index (χ4v) is 3.73. The van der Waals surface area contributed by atoms with E-state index in [1.807, 2.05) is 0 Å². The van der Waals surface area contributed by atoms with Crippen molar-refractivity contribution < 1.29 is 49.4 Å². The van der Waals surface area contributed by atoms with Crippen LogP contribution < -0.4 is 15.4 Å². The molecule has 4 aromatic rings. The van der Waals surface area contributed by atoms with E-state index >= 15 is 0 Å². The van der Waals surface area contributed by atoms with Crippen LogP contribution in [0.2, 0.25) is 0 Å². The topological polar surface area (TPSA) is 142 Å². The number of alkyl halides is 7. The van der Waals surface area contributed by atoms with E-state index in [2.05, 4.69) is 41.0 Å². The fraction of sp³-hybridized carbons (Fsp3) is 0.320. The first-order valence-corrected chi connectivity index (χ1v) is 12.7. The van der Waals surface area contributed by atoms with E-state index in [1.165, 1.54) is 17.1 Å². The van der Waals surface area contributed by atoms with E-state index in [4.69, 9.17) is 0 Å². The Bertz CT molecular complexity index is 1640. The quantitative estimate of drug-likeness (QED) is 0.222. The Morgan fingerprint density at radius 1 is 0.889 bits per heavy atom. The Labute approximate surface area is 247 Å². The molecule has 0 spiro atoms. The van der Waals surface area contributed by atoms with Crippen molar-refractivity contribution in [3.05, 3.63) is 82.9 Å². The molecule has 0 radical (unpaired) electrons. The molecule has 20 heteroatoms. The average molecular weight is 647 g/mol. The van der Waals surface area contributed by atoms with Crippen LogP contribution in [0.3, 0.4) is 0 Å². The van der Waals surface area contributed by atoms with E-state index in [0.717, 1.165) is 35.1 Å². The zero-order valence-electron chi connectivity index (χ0n) is 22.6. The number of pyridine rings is 1. The van der Waals surface area contributed by atoms with Crippen molar-refractivity contribution in [2.24, 2.45) is 0 Å². The first kappa shape index (κ1) is 32.7. The summed E-state index contributed by atoms with van der Waals surface area (Å²) in [5, 5.41) is 19.3. The standard InChI is InChI=1S/C25H21F8N9O3/c26-17(3-4-41-12-20(37-39-41)22(43)35-8-14-5-16(10-34-7-14)24(28,29)30)11-42-13-21(38-40-42)23(44)36-9-15-6-18(1-2-19(15)27)45-25(31,32)33/h1-2,5-7,10,12-13,17H,3-4,8-9,11H2,(H,35,43)(H,36,44). The summed E-state index contributed by atoms with van der Waals surface area (Å²) in [7, 11) is 0. The number of halogens is 8. The number of nitrogens with zero attached hydrogens (tertiary/aromatic N) is 7. The maximum Gasteiger partial charge on any atom is 0.573 e. The molecule has 0 aliphatic rings. The monoisotopic (exact) mass is 647 g/mol. The minimum absolute atomic E-state index is 0.0241. The maximum atomic E-state index is 14.6. The number of aromatic nitrogens is 7. The van der Waals surface area contributed by atoms with Crippen molar-refractivity contribution in [1.29, 1.82) is 0 Å². The van der Waals surface area contributed by atoms with Gasteiger partial charge in [0.25, 0.3) is 11.8 Å². The maximum absolute atomic E-state index is 14.6. The van der Waals surface area contributed by atoms with E-state index in [9.17, 15) is 44.7 Å².